The fraction of sp³-hybridized carbons (Fsp3) is 0.880. The van der Waals surface area contributed by atoms with Crippen LogP contribution in [-0.2, 0) is 9.53 Å². The monoisotopic (exact) mass is 380 g/mol. The number of hydrogen-bond acceptors (Lipinski definition) is 2. The molecule has 0 atom stereocenters. The Morgan fingerprint density at radius 1 is 0.667 bits per heavy atom. The Labute approximate surface area is 170 Å². The molecule has 0 aromatic rings. The van der Waals surface area contributed by atoms with E-state index in [0.29, 0.717) is 6.42 Å². The minimum absolute atomic E-state index is 0.147. The summed E-state index contributed by atoms with van der Waals surface area (Å²) in [5, 5.41) is 0. The van der Waals surface area contributed by atoms with Gasteiger partial charge in [0.25, 0.3) is 0 Å². The number of hydrogen-bond donors (Lipinski definition) is 0. The van der Waals surface area contributed by atoms with Crippen LogP contribution in [0, 0.1) is 5.92 Å². The van der Waals surface area contributed by atoms with Crippen LogP contribution in [0.25, 0.3) is 0 Å². The van der Waals surface area contributed by atoms with E-state index in [9.17, 15) is 4.79 Å². The molecule has 160 valence electrons. The van der Waals surface area contributed by atoms with Gasteiger partial charge in [0.1, 0.15) is 0 Å². The molecule has 0 fully saturated rings. The summed E-state index contributed by atoms with van der Waals surface area (Å²) in [5.74, 6) is 0.733. The highest BCUT2D eigenvalue weighted by molar-refractivity contribution is 5.69. The zero-order valence-corrected chi connectivity index (χ0v) is 18.6. The molecule has 0 N–H and O–H groups in total. The summed E-state index contributed by atoms with van der Waals surface area (Å²) >= 11 is 0. The van der Waals surface area contributed by atoms with E-state index in [2.05, 4.69) is 20.4 Å². The molecule has 0 saturated heterocycles. The van der Waals surface area contributed by atoms with Crippen LogP contribution in [0.15, 0.2) is 12.8 Å². The standard InChI is InChI=1S/C25H48O2/c1-4-27-25(26)23-21-19-17-15-13-11-9-7-5-6-8-10-12-14-16-18-20-22-24(2)3/h4,24H,1,5-23H2,2-3H3. The molecule has 0 spiro atoms. The van der Waals surface area contributed by atoms with Crippen LogP contribution in [0.3, 0.4) is 0 Å². The fourth-order valence-corrected chi connectivity index (χ4v) is 3.63. The summed E-state index contributed by atoms with van der Waals surface area (Å²) in [7, 11) is 0. The van der Waals surface area contributed by atoms with Crippen molar-refractivity contribution in [2.75, 3.05) is 0 Å². The molecular formula is C25H48O2. The van der Waals surface area contributed by atoms with Gasteiger partial charge in [-0.05, 0) is 12.3 Å². The summed E-state index contributed by atoms with van der Waals surface area (Å²) in [4.78, 5) is 11.1. The van der Waals surface area contributed by atoms with Crippen molar-refractivity contribution in [3.63, 3.8) is 0 Å². The molecule has 0 aliphatic heterocycles. The predicted octanol–water partition coefficient (Wildman–Crippen LogP) is 8.74. The maximum absolute atomic E-state index is 11.1. The molecule has 0 saturated carbocycles. The smallest absolute Gasteiger partial charge is 0.310 e. The first-order valence-electron chi connectivity index (χ1n) is 12.0. The van der Waals surface area contributed by atoms with Crippen LogP contribution in [0.1, 0.15) is 136 Å². The highest BCUT2D eigenvalue weighted by Gasteiger charge is 2.00. The number of unbranched alkanes of at least 4 members (excludes halogenated alkanes) is 16. The summed E-state index contributed by atoms with van der Waals surface area (Å²) in [6, 6.07) is 0. The van der Waals surface area contributed by atoms with Crippen molar-refractivity contribution in [2.45, 2.75) is 136 Å². The average molecular weight is 381 g/mol. The molecule has 27 heavy (non-hydrogen) atoms. The van der Waals surface area contributed by atoms with Gasteiger partial charge in [0, 0.05) is 6.42 Å². The first-order chi connectivity index (χ1) is 13.2. The largest absolute Gasteiger partial charge is 0.435 e. The lowest BCUT2D eigenvalue weighted by atomic mass is 10.0. The highest BCUT2D eigenvalue weighted by Crippen LogP contribution is 2.15. The Kier molecular flexibility index (Phi) is 20.9. The summed E-state index contributed by atoms with van der Waals surface area (Å²) < 4.78 is 4.71. The van der Waals surface area contributed by atoms with Crippen LogP contribution in [0.5, 0.6) is 0 Å². The Morgan fingerprint density at radius 3 is 1.33 bits per heavy atom. The molecule has 0 rings (SSSR count). The van der Waals surface area contributed by atoms with Gasteiger partial charge in [0.15, 0.2) is 0 Å². The van der Waals surface area contributed by atoms with Gasteiger partial charge in [-0.25, -0.2) is 0 Å². The SMILES string of the molecule is C=COC(=O)CCCCCCCCCCCCCCCCCCCC(C)C. The lowest BCUT2D eigenvalue weighted by molar-refractivity contribution is -0.138. The Hall–Kier alpha value is -0.790. The van der Waals surface area contributed by atoms with Gasteiger partial charge < -0.3 is 4.74 Å². The third kappa shape index (κ3) is 23.2. The summed E-state index contributed by atoms with van der Waals surface area (Å²) in [6.45, 7) is 8.05. The zero-order valence-electron chi connectivity index (χ0n) is 18.6. The molecular weight excluding hydrogens is 332 g/mol. The van der Waals surface area contributed by atoms with E-state index in [1.54, 1.807) is 0 Å². The molecule has 0 aromatic carbocycles. The van der Waals surface area contributed by atoms with E-state index in [0.717, 1.165) is 18.8 Å². The first kappa shape index (κ1) is 26.2. The van der Waals surface area contributed by atoms with E-state index >= 15 is 0 Å². The van der Waals surface area contributed by atoms with Crippen LogP contribution >= 0.6 is 0 Å². The van der Waals surface area contributed by atoms with Crippen molar-refractivity contribution in [3.8, 4) is 0 Å². The first-order valence-corrected chi connectivity index (χ1v) is 12.0. The number of ether oxygens (including phenoxy) is 1. The molecule has 2 nitrogen and oxygen atoms in total. The van der Waals surface area contributed by atoms with Crippen molar-refractivity contribution in [2.24, 2.45) is 5.92 Å². The van der Waals surface area contributed by atoms with Crippen molar-refractivity contribution >= 4 is 5.97 Å². The van der Waals surface area contributed by atoms with Gasteiger partial charge in [0.05, 0.1) is 6.26 Å². The minimum Gasteiger partial charge on any atom is -0.435 e. The van der Waals surface area contributed by atoms with Gasteiger partial charge in [0.2, 0.25) is 0 Å². The second kappa shape index (κ2) is 21.5. The highest BCUT2D eigenvalue weighted by atomic mass is 16.5. The van der Waals surface area contributed by atoms with E-state index in [-0.39, 0.29) is 5.97 Å². The molecule has 0 aromatic heterocycles. The van der Waals surface area contributed by atoms with Crippen LogP contribution in [-0.4, -0.2) is 5.97 Å². The average Bonchev–Trinajstić information content (AvgIpc) is 2.63. The van der Waals surface area contributed by atoms with Gasteiger partial charge in [-0.2, -0.15) is 0 Å². The molecule has 0 aliphatic carbocycles. The molecule has 0 heterocycles. The Bertz CT molecular complexity index is 322. The molecule has 0 unspecified atom stereocenters. The van der Waals surface area contributed by atoms with Crippen molar-refractivity contribution in [1.29, 1.82) is 0 Å². The van der Waals surface area contributed by atoms with Gasteiger partial charge >= 0.3 is 5.97 Å². The molecule has 0 amide bonds. The lowest BCUT2D eigenvalue weighted by Gasteiger charge is -2.05. The minimum atomic E-state index is -0.147. The Morgan fingerprint density at radius 2 is 1.00 bits per heavy atom. The third-order valence-electron chi connectivity index (χ3n) is 5.38. The van der Waals surface area contributed by atoms with Crippen molar-refractivity contribution in [3.05, 3.63) is 12.8 Å². The van der Waals surface area contributed by atoms with Crippen LogP contribution < -0.4 is 0 Å². The normalized spacial score (nSPS) is 11.1. The maximum Gasteiger partial charge on any atom is 0.310 e. The number of esters is 1. The second-order valence-electron chi connectivity index (χ2n) is 8.60. The Balaban J connectivity index is 3.05. The van der Waals surface area contributed by atoms with Gasteiger partial charge in [-0.15, -0.1) is 0 Å². The predicted molar refractivity (Wildman–Crippen MR) is 119 cm³/mol. The second-order valence-corrected chi connectivity index (χ2v) is 8.60. The van der Waals surface area contributed by atoms with E-state index in [1.807, 2.05) is 0 Å². The van der Waals surface area contributed by atoms with E-state index < -0.39 is 0 Å². The number of rotatable bonds is 21. The van der Waals surface area contributed by atoms with Gasteiger partial charge in [-0.1, -0.05) is 130 Å². The topological polar surface area (TPSA) is 26.3 Å². The van der Waals surface area contributed by atoms with Crippen LogP contribution in [0.4, 0.5) is 0 Å². The van der Waals surface area contributed by atoms with Gasteiger partial charge in [-0.3, -0.25) is 4.79 Å². The summed E-state index contributed by atoms with van der Waals surface area (Å²) in [5.41, 5.74) is 0. The molecule has 0 radical (unpaired) electrons. The van der Waals surface area contributed by atoms with Crippen molar-refractivity contribution in [1.82, 2.24) is 0 Å². The zero-order chi connectivity index (χ0) is 20.0. The number of carbonyl (C=O) groups is 1. The quantitative estimate of drug-likeness (QED) is 0.113. The fourth-order valence-electron chi connectivity index (χ4n) is 3.63. The van der Waals surface area contributed by atoms with Crippen molar-refractivity contribution < 1.29 is 9.53 Å². The maximum atomic E-state index is 11.1. The molecule has 0 aliphatic rings. The lowest BCUT2D eigenvalue weighted by Crippen LogP contribution is -1.98. The molecule has 0 bridgehead atoms. The molecule has 2 heteroatoms. The van der Waals surface area contributed by atoms with E-state index in [4.69, 9.17) is 4.74 Å². The number of carbonyl (C=O) groups excluding carboxylic acids is 1. The third-order valence-corrected chi connectivity index (χ3v) is 5.38. The van der Waals surface area contributed by atoms with Crippen LogP contribution in [0.2, 0.25) is 0 Å². The van der Waals surface area contributed by atoms with E-state index in [1.165, 1.54) is 109 Å². The summed E-state index contributed by atoms with van der Waals surface area (Å²) in [6.07, 6.45) is 26.4.